The molecule has 0 bridgehead atoms. The monoisotopic (exact) mass is 398 g/mol. The van der Waals surface area contributed by atoms with Crippen molar-refractivity contribution in [3.63, 3.8) is 0 Å². The number of alkyl halides is 4. The number of benzene rings is 2. The molecule has 0 aliphatic carbocycles. The highest BCUT2D eigenvalue weighted by Crippen LogP contribution is 2.48. The summed E-state index contributed by atoms with van der Waals surface area (Å²) >= 11 is 0. The second-order valence-electron chi connectivity index (χ2n) is 6.71. The minimum absolute atomic E-state index is 0.243. The lowest BCUT2D eigenvalue weighted by Gasteiger charge is -2.32. The molecule has 0 saturated heterocycles. The van der Waals surface area contributed by atoms with Crippen molar-refractivity contribution in [2.75, 3.05) is 0 Å². The van der Waals surface area contributed by atoms with Crippen molar-refractivity contribution in [2.45, 2.75) is 57.3 Å². The van der Waals surface area contributed by atoms with Crippen molar-refractivity contribution >= 4 is 0 Å². The summed E-state index contributed by atoms with van der Waals surface area (Å²) in [4.78, 5) is 0. The van der Waals surface area contributed by atoms with Crippen LogP contribution in [0, 0.1) is 0 Å². The van der Waals surface area contributed by atoms with Crippen molar-refractivity contribution in [3.05, 3.63) is 54.1 Å². The molecule has 0 fully saturated rings. The summed E-state index contributed by atoms with van der Waals surface area (Å²) in [7, 11) is 0. The van der Waals surface area contributed by atoms with Gasteiger partial charge in [-0.1, -0.05) is 56.5 Å². The Morgan fingerprint density at radius 2 is 1.54 bits per heavy atom. The standard InChI is InChI=1S/C21H22F4O3/c1-2-3-4-8-11-17(15-9-6-5-7-10-15)26-16-12-13-18-19(14-16)28-21(24,25)20(22,23)27-18/h5-7,9-10,12-14,17H,2-4,8,11H2,1H3. The zero-order chi connectivity index (χ0) is 20.2. The van der Waals surface area contributed by atoms with E-state index in [1.165, 1.54) is 6.07 Å². The van der Waals surface area contributed by atoms with Gasteiger partial charge < -0.3 is 14.2 Å². The number of hydrogen-bond donors (Lipinski definition) is 0. The topological polar surface area (TPSA) is 27.7 Å². The Hall–Kier alpha value is -2.44. The van der Waals surface area contributed by atoms with E-state index in [-0.39, 0.29) is 11.9 Å². The second-order valence-corrected chi connectivity index (χ2v) is 6.71. The first-order valence-electron chi connectivity index (χ1n) is 9.31. The van der Waals surface area contributed by atoms with E-state index in [9.17, 15) is 17.6 Å². The molecular formula is C21H22F4O3. The predicted molar refractivity (Wildman–Crippen MR) is 96.2 cm³/mol. The van der Waals surface area contributed by atoms with E-state index in [1.807, 2.05) is 30.3 Å². The third-order valence-electron chi connectivity index (χ3n) is 4.50. The van der Waals surface area contributed by atoms with Gasteiger partial charge in [-0.2, -0.15) is 17.6 Å². The van der Waals surface area contributed by atoms with Crippen LogP contribution in [0.1, 0.15) is 50.7 Å². The van der Waals surface area contributed by atoms with E-state index in [0.717, 1.165) is 49.8 Å². The lowest BCUT2D eigenvalue weighted by atomic mass is 10.0. The molecule has 1 aliphatic heterocycles. The Labute approximate surface area is 161 Å². The first-order chi connectivity index (χ1) is 13.3. The average Bonchev–Trinajstić information content (AvgIpc) is 2.65. The molecule has 2 aromatic rings. The van der Waals surface area contributed by atoms with Crippen LogP contribution in [0.3, 0.4) is 0 Å². The highest BCUT2D eigenvalue weighted by atomic mass is 19.3. The molecule has 1 heterocycles. The number of ether oxygens (including phenoxy) is 3. The lowest BCUT2D eigenvalue weighted by molar-refractivity contribution is -0.391. The summed E-state index contributed by atoms with van der Waals surface area (Å²) in [6, 6.07) is 13.2. The first-order valence-corrected chi connectivity index (χ1v) is 9.31. The fourth-order valence-electron chi connectivity index (χ4n) is 3.00. The minimum atomic E-state index is -4.75. The van der Waals surface area contributed by atoms with Gasteiger partial charge in [0.25, 0.3) is 0 Å². The Kier molecular flexibility index (Phi) is 6.01. The zero-order valence-corrected chi connectivity index (χ0v) is 15.5. The SMILES string of the molecule is CCCCCCC(Oc1ccc2c(c1)OC(F)(F)C(F)(F)O2)c1ccccc1. The van der Waals surface area contributed by atoms with Crippen molar-refractivity contribution in [1.29, 1.82) is 0 Å². The largest absolute Gasteiger partial charge is 0.507 e. The van der Waals surface area contributed by atoms with Gasteiger partial charge in [-0.05, 0) is 30.5 Å². The third kappa shape index (κ3) is 4.51. The van der Waals surface area contributed by atoms with Gasteiger partial charge in [-0.25, -0.2) is 0 Å². The number of halogens is 4. The third-order valence-corrected chi connectivity index (χ3v) is 4.50. The average molecular weight is 398 g/mol. The molecule has 0 radical (unpaired) electrons. The Bertz CT molecular complexity index is 780. The number of hydrogen-bond acceptors (Lipinski definition) is 3. The van der Waals surface area contributed by atoms with Gasteiger partial charge in [0, 0.05) is 6.07 Å². The van der Waals surface area contributed by atoms with Crippen LogP contribution in [-0.2, 0) is 0 Å². The maximum absolute atomic E-state index is 13.4. The first kappa shape index (κ1) is 20.3. The molecule has 3 nitrogen and oxygen atoms in total. The molecule has 28 heavy (non-hydrogen) atoms. The van der Waals surface area contributed by atoms with Gasteiger partial charge >= 0.3 is 12.2 Å². The van der Waals surface area contributed by atoms with Crippen LogP contribution in [0.25, 0.3) is 0 Å². The summed E-state index contributed by atoms with van der Waals surface area (Å²) < 4.78 is 67.7. The highest BCUT2D eigenvalue weighted by molar-refractivity contribution is 5.47. The molecule has 0 spiro atoms. The van der Waals surface area contributed by atoms with Gasteiger partial charge in [-0.3, -0.25) is 0 Å². The molecule has 1 unspecified atom stereocenters. The molecule has 0 aromatic heterocycles. The van der Waals surface area contributed by atoms with Crippen molar-refractivity contribution in [3.8, 4) is 17.2 Å². The molecule has 0 amide bonds. The van der Waals surface area contributed by atoms with E-state index in [0.29, 0.717) is 0 Å². The second kappa shape index (κ2) is 8.29. The molecule has 0 saturated carbocycles. The maximum Gasteiger partial charge on any atom is 0.507 e. The van der Waals surface area contributed by atoms with Gasteiger partial charge in [0.15, 0.2) is 11.5 Å². The zero-order valence-electron chi connectivity index (χ0n) is 15.5. The number of rotatable bonds is 8. The van der Waals surface area contributed by atoms with E-state index >= 15 is 0 Å². The summed E-state index contributed by atoms with van der Waals surface area (Å²) in [5, 5.41) is 0. The van der Waals surface area contributed by atoms with Gasteiger partial charge in [0.1, 0.15) is 11.9 Å². The van der Waals surface area contributed by atoms with E-state index < -0.39 is 23.7 Å². The quantitative estimate of drug-likeness (QED) is 0.364. The highest BCUT2D eigenvalue weighted by Gasteiger charge is 2.65. The smallest absolute Gasteiger partial charge is 0.486 e. The predicted octanol–water partition coefficient (Wildman–Crippen LogP) is 6.73. The normalized spacial score (nSPS) is 17.8. The Morgan fingerprint density at radius 3 is 2.21 bits per heavy atom. The molecule has 7 heteroatoms. The molecule has 1 aliphatic rings. The van der Waals surface area contributed by atoms with E-state index in [2.05, 4.69) is 16.4 Å². The van der Waals surface area contributed by atoms with E-state index in [4.69, 9.17) is 4.74 Å². The molecule has 152 valence electrons. The van der Waals surface area contributed by atoms with Crippen LogP contribution in [0.2, 0.25) is 0 Å². The van der Waals surface area contributed by atoms with Crippen LogP contribution >= 0.6 is 0 Å². The number of unbranched alkanes of at least 4 members (excludes halogenated alkanes) is 3. The summed E-state index contributed by atoms with van der Waals surface area (Å²) in [5.74, 6) is -0.693. The fraction of sp³-hybridized carbons (Fsp3) is 0.429. The van der Waals surface area contributed by atoms with Crippen molar-refractivity contribution < 1.29 is 31.8 Å². The van der Waals surface area contributed by atoms with Crippen LogP contribution in [0.15, 0.2) is 48.5 Å². The van der Waals surface area contributed by atoms with E-state index in [1.54, 1.807) is 0 Å². The van der Waals surface area contributed by atoms with Crippen LogP contribution < -0.4 is 14.2 Å². The Balaban J connectivity index is 1.78. The Morgan fingerprint density at radius 1 is 0.857 bits per heavy atom. The van der Waals surface area contributed by atoms with Crippen molar-refractivity contribution in [1.82, 2.24) is 0 Å². The maximum atomic E-state index is 13.4. The molecule has 0 N–H and O–H groups in total. The fourth-order valence-corrected chi connectivity index (χ4v) is 3.00. The summed E-state index contributed by atoms with van der Waals surface area (Å²) in [5.41, 5.74) is 0.950. The molecule has 1 atom stereocenters. The van der Waals surface area contributed by atoms with Gasteiger partial charge in [-0.15, -0.1) is 0 Å². The van der Waals surface area contributed by atoms with Crippen LogP contribution in [0.4, 0.5) is 17.6 Å². The molecular weight excluding hydrogens is 376 g/mol. The molecule has 3 rings (SSSR count). The van der Waals surface area contributed by atoms with Gasteiger partial charge in [0.2, 0.25) is 0 Å². The minimum Gasteiger partial charge on any atom is -0.486 e. The molecule has 2 aromatic carbocycles. The van der Waals surface area contributed by atoms with Gasteiger partial charge in [0.05, 0.1) is 0 Å². The lowest BCUT2D eigenvalue weighted by Crippen LogP contribution is -2.52. The summed E-state index contributed by atoms with van der Waals surface area (Å²) in [6.07, 6.45) is -4.79. The number of fused-ring (bicyclic) bond motifs is 1. The van der Waals surface area contributed by atoms with Crippen LogP contribution in [0.5, 0.6) is 17.2 Å². The van der Waals surface area contributed by atoms with Crippen molar-refractivity contribution in [2.24, 2.45) is 0 Å². The summed E-state index contributed by atoms with van der Waals surface area (Å²) in [6.45, 7) is 2.12. The van der Waals surface area contributed by atoms with Crippen LogP contribution in [-0.4, -0.2) is 12.2 Å².